The summed E-state index contributed by atoms with van der Waals surface area (Å²) in [5.74, 6) is -0.00835. The van der Waals surface area contributed by atoms with Gasteiger partial charge in [-0.2, -0.15) is 0 Å². The molecule has 3 rings (SSSR count). The summed E-state index contributed by atoms with van der Waals surface area (Å²) >= 11 is 0. The third kappa shape index (κ3) is 4.99. The Hall–Kier alpha value is -2.20. The minimum Gasteiger partial charge on any atom is -0.305 e. The number of anilines is 1. The predicted octanol–water partition coefficient (Wildman–Crippen LogP) is 5.29. The normalized spacial score (nSPS) is 15.8. The molecular formula is C24H31FN2O. The summed E-state index contributed by atoms with van der Waals surface area (Å²) < 4.78 is 14.3. The van der Waals surface area contributed by atoms with Crippen molar-refractivity contribution in [3.05, 3.63) is 65.5 Å². The van der Waals surface area contributed by atoms with Crippen LogP contribution in [0.15, 0.2) is 48.5 Å². The number of aryl methyl sites for hydroxylation is 1. The van der Waals surface area contributed by atoms with E-state index in [1.165, 1.54) is 12.5 Å². The number of amides is 1. The second-order valence-electron chi connectivity index (χ2n) is 8.25. The average Bonchev–Trinajstić information content (AvgIpc) is 2.69. The number of hydrogen-bond donors (Lipinski definition) is 0. The van der Waals surface area contributed by atoms with Crippen LogP contribution in [0.25, 0.3) is 0 Å². The van der Waals surface area contributed by atoms with Gasteiger partial charge in [-0.25, -0.2) is 4.39 Å². The Morgan fingerprint density at radius 1 is 1.11 bits per heavy atom. The van der Waals surface area contributed by atoms with Gasteiger partial charge in [-0.05, 0) is 62.9 Å². The van der Waals surface area contributed by atoms with Gasteiger partial charge in [0.1, 0.15) is 5.82 Å². The number of benzene rings is 2. The summed E-state index contributed by atoms with van der Waals surface area (Å²) in [7, 11) is 0. The molecule has 0 N–H and O–H groups in total. The van der Waals surface area contributed by atoms with E-state index in [2.05, 4.69) is 18.7 Å². The summed E-state index contributed by atoms with van der Waals surface area (Å²) in [5, 5.41) is 0. The second kappa shape index (κ2) is 9.33. The molecule has 1 amide bonds. The van der Waals surface area contributed by atoms with Crippen LogP contribution in [-0.2, 0) is 0 Å². The Labute approximate surface area is 168 Å². The summed E-state index contributed by atoms with van der Waals surface area (Å²) in [6, 6.07) is 14.3. The first kappa shape index (κ1) is 20.5. The van der Waals surface area contributed by atoms with Gasteiger partial charge in [-0.1, -0.05) is 43.7 Å². The lowest BCUT2D eigenvalue weighted by Gasteiger charge is -2.39. The van der Waals surface area contributed by atoms with Crippen molar-refractivity contribution >= 4 is 11.6 Å². The molecule has 0 unspecified atom stereocenters. The zero-order valence-corrected chi connectivity index (χ0v) is 17.2. The van der Waals surface area contributed by atoms with Crippen molar-refractivity contribution in [1.82, 2.24) is 4.90 Å². The van der Waals surface area contributed by atoms with E-state index in [0.717, 1.165) is 43.7 Å². The summed E-state index contributed by atoms with van der Waals surface area (Å²) in [6.45, 7) is 9.59. The molecule has 0 saturated carbocycles. The van der Waals surface area contributed by atoms with Crippen LogP contribution in [0.2, 0.25) is 0 Å². The lowest BCUT2D eigenvalue weighted by atomic mass is 9.99. The lowest BCUT2D eigenvalue weighted by molar-refractivity contribution is 0.0955. The van der Waals surface area contributed by atoms with Crippen molar-refractivity contribution < 1.29 is 9.18 Å². The molecule has 0 atom stereocenters. The number of piperidine rings is 1. The van der Waals surface area contributed by atoms with E-state index in [1.54, 1.807) is 18.2 Å². The molecule has 1 aliphatic heterocycles. The van der Waals surface area contributed by atoms with Gasteiger partial charge in [0.25, 0.3) is 5.91 Å². The summed E-state index contributed by atoms with van der Waals surface area (Å²) in [4.78, 5) is 17.6. The highest BCUT2D eigenvalue weighted by atomic mass is 19.1. The van der Waals surface area contributed by atoms with E-state index in [0.29, 0.717) is 5.92 Å². The van der Waals surface area contributed by atoms with Crippen LogP contribution in [-0.4, -0.2) is 36.5 Å². The third-order valence-electron chi connectivity index (χ3n) is 5.58. The number of carbonyl (C=O) groups is 1. The van der Waals surface area contributed by atoms with Crippen molar-refractivity contribution in [3.8, 4) is 0 Å². The molecule has 1 heterocycles. The van der Waals surface area contributed by atoms with Crippen LogP contribution in [0.5, 0.6) is 0 Å². The van der Waals surface area contributed by atoms with E-state index in [9.17, 15) is 9.18 Å². The molecule has 150 valence electrons. The molecule has 28 heavy (non-hydrogen) atoms. The van der Waals surface area contributed by atoms with Crippen LogP contribution in [0.1, 0.15) is 49.0 Å². The van der Waals surface area contributed by atoms with Gasteiger partial charge in [-0.3, -0.25) is 4.79 Å². The first-order valence-corrected chi connectivity index (χ1v) is 10.3. The summed E-state index contributed by atoms with van der Waals surface area (Å²) in [5.41, 5.74) is 2.13. The standard InChI is InChI=1S/C24H31FN2O/c1-18(2)12-15-26-16-13-21(14-17-26)27(20-10-8-19(3)9-11-20)24(28)22-6-4-5-7-23(22)25/h4-11,18,21H,12-17H2,1-3H3. The minimum absolute atomic E-state index is 0.0881. The van der Waals surface area contributed by atoms with E-state index in [-0.39, 0.29) is 17.5 Å². The molecule has 2 aromatic rings. The SMILES string of the molecule is Cc1ccc(N(C(=O)c2ccccc2F)C2CCN(CCC(C)C)CC2)cc1. The van der Waals surface area contributed by atoms with E-state index < -0.39 is 5.82 Å². The maximum Gasteiger partial charge on any atom is 0.261 e. The molecule has 0 bridgehead atoms. The Morgan fingerprint density at radius 3 is 2.36 bits per heavy atom. The largest absolute Gasteiger partial charge is 0.305 e. The zero-order chi connectivity index (χ0) is 20.1. The molecule has 2 aromatic carbocycles. The van der Waals surface area contributed by atoms with Crippen LogP contribution in [0.3, 0.4) is 0 Å². The average molecular weight is 383 g/mol. The summed E-state index contributed by atoms with van der Waals surface area (Å²) in [6.07, 6.45) is 3.01. The number of halogens is 1. The topological polar surface area (TPSA) is 23.6 Å². The van der Waals surface area contributed by atoms with Gasteiger partial charge in [0.05, 0.1) is 5.56 Å². The lowest BCUT2D eigenvalue weighted by Crippen LogP contribution is -2.48. The smallest absolute Gasteiger partial charge is 0.261 e. The number of nitrogens with zero attached hydrogens (tertiary/aromatic N) is 2. The highest BCUT2D eigenvalue weighted by Gasteiger charge is 2.30. The Kier molecular flexibility index (Phi) is 6.84. The highest BCUT2D eigenvalue weighted by Crippen LogP contribution is 2.27. The van der Waals surface area contributed by atoms with Crippen LogP contribution < -0.4 is 4.90 Å². The fraction of sp³-hybridized carbons (Fsp3) is 0.458. The van der Waals surface area contributed by atoms with Crippen LogP contribution in [0, 0.1) is 18.7 Å². The predicted molar refractivity (Wildman–Crippen MR) is 113 cm³/mol. The molecule has 0 radical (unpaired) electrons. The highest BCUT2D eigenvalue weighted by molar-refractivity contribution is 6.06. The fourth-order valence-electron chi connectivity index (χ4n) is 3.81. The Morgan fingerprint density at radius 2 is 1.75 bits per heavy atom. The van der Waals surface area contributed by atoms with E-state index in [1.807, 2.05) is 36.1 Å². The first-order valence-electron chi connectivity index (χ1n) is 10.3. The van der Waals surface area contributed by atoms with Crippen molar-refractivity contribution in [2.75, 3.05) is 24.5 Å². The van der Waals surface area contributed by atoms with Gasteiger partial charge < -0.3 is 9.80 Å². The quantitative estimate of drug-likeness (QED) is 0.678. The second-order valence-corrected chi connectivity index (χ2v) is 8.25. The van der Waals surface area contributed by atoms with E-state index >= 15 is 0 Å². The maximum absolute atomic E-state index is 14.3. The Bertz CT molecular complexity index is 779. The van der Waals surface area contributed by atoms with Crippen LogP contribution >= 0.6 is 0 Å². The first-order chi connectivity index (χ1) is 13.5. The molecule has 4 heteroatoms. The van der Waals surface area contributed by atoms with Gasteiger partial charge in [0.15, 0.2) is 0 Å². The van der Waals surface area contributed by atoms with Crippen molar-refractivity contribution in [3.63, 3.8) is 0 Å². The van der Waals surface area contributed by atoms with Gasteiger partial charge in [0.2, 0.25) is 0 Å². The van der Waals surface area contributed by atoms with Gasteiger partial charge in [0, 0.05) is 24.8 Å². The molecule has 1 fully saturated rings. The molecule has 0 aliphatic carbocycles. The molecule has 0 spiro atoms. The number of rotatable bonds is 6. The minimum atomic E-state index is -0.459. The molecular weight excluding hydrogens is 351 g/mol. The van der Waals surface area contributed by atoms with Crippen LogP contribution in [0.4, 0.5) is 10.1 Å². The fourth-order valence-corrected chi connectivity index (χ4v) is 3.81. The van der Waals surface area contributed by atoms with E-state index in [4.69, 9.17) is 0 Å². The van der Waals surface area contributed by atoms with Crippen molar-refractivity contribution in [2.45, 2.75) is 46.1 Å². The van der Waals surface area contributed by atoms with Gasteiger partial charge in [-0.15, -0.1) is 0 Å². The molecule has 1 saturated heterocycles. The number of likely N-dealkylation sites (tertiary alicyclic amines) is 1. The molecule has 3 nitrogen and oxygen atoms in total. The maximum atomic E-state index is 14.3. The number of carbonyl (C=O) groups excluding carboxylic acids is 1. The van der Waals surface area contributed by atoms with Gasteiger partial charge >= 0.3 is 0 Å². The van der Waals surface area contributed by atoms with Crippen molar-refractivity contribution in [2.24, 2.45) is 5.92 Å². The zero-order valence-electron chi connectivity index (χ0n) is 17.2. The third-order valence-corrected chi connectivity index (χ3v) is 5.58. The molecule has 0 aromatic heterocycles. The Balaban J connectivity index is 1.81. The monoisotopic (exact) mass is 382 g/mol. The number of hydrogen-bond acceptors (Lipinski definition) is 2. The molecule has 1 aliphatic rings. The van der Waals surface area contributed by atoms with Crippen molar-refractivity contribution in [1.29, 1.82) is 0 Å².